The highest BCUT2D eigenvalue weighted by molar-refractivity contribution is 5.93. The molecule has 1 atom stereocenters. The van der Waals surface area contributed by atoms with E-state index < -0.39 is 17.7 Å². The maximum absolute atomic E-state index is 13.0. The van der Waals surface area contributed by atoms with Crippen LogP contribution in [0.15, 0.2) is 35.5 Å². The Morgan fingerprint density at radius 3 is 2.67 bits per heavy atom. The summed E-state index contributed by atoms with van der Waals surface area (Å²) in [5, 5.41) is 1.61. The minimum Gasteiger partial charge on any atom is -0.463 e. The highest BCUT2D eigenvalue weighted by Gasteiger charge is 2.42. The summed E-state index contributed by atoms with van der Waals surface area (Å²) in [7, 11) is 0. The predicted molar refractivity (Wildman–Crippen MR) is 82.9 cm³/mol. The topological polar surface area (TPSA) is 41.6 Å². The third kappa shape index (κ3) is 3.13. The number of alkyl halides is 3. The van der Waals surface area contributed by atoms with Crippen molar-refractivity contribution < 1.29 is 22.7 Å². The molecule has 1 aromatic carbocycles. The van der Waals surface area contributed by atoms with Gasteiger partial charge in [-0.05, 0) is 44.9 Å². The van der Waals surface area contributed by atoms with Gasteiger partial charge < -0.3 is 4.74 Å². The molecule has 1 heterocycles. The fourth-order valence-electron chi connectivity index (χ4n) is 2.95. The Labute approximate surface area is 138 Å². The normalized spacial score (nSPS) is 21.4. The van der Waals surface area contributed by atoms with Gasteiger partial charge in [-0.25, -0.2) is 10.2 Å². The van der Waals surface area contributed by atoms with Crippen LogP contribution in [0.5, 0.6) is 0 Å². The van der Waals surface area contributed by atoms with Gasteiger partial charge in [0.15, 0.2) is 0 Å². The summed E-state index contributed by atoms with van der Waals surface area (Å²) in [5.41, 5.74) is 4.01. The molecule has 0 amide bonds. The number of rotatable bonds is 4. The molecule has 0 saturated heterocycles. The molecule has 1 aliphatic carbocycles. The third-order valence-corrected chi connectivity index (χ3v) is 4.16. The summed E-state index contributed by atoms with van der Waals surface area (Å²) in [4.78, 5) is 12.3. The molecule has 1 fully saturated rings. The molecule has 3 rings (SSSR count). The number of halogens is 3. The highest BCUT2D eigenvalue weighted by atomic mass is 19.4. The molecule has 0 spiro atoms. The molecule has 1 unspecified atom stereocenters. The van der Waals surface area contributed by atoms with Crippen molar-refractivity contribution in [2.45, 2.75) is 38.9 Å². The molecular weight excluding hydrogens is 321 g/mol. The van der Waals surface area contributed by atoms with Crippen molar-refractivity contribution in [3.05, 3.63) is 41.1 Å². The Morgan fingerprint density at radius 2 is 2.08 bits per heavy atom. The number of allylic oxidation sites excluding steroid dienone is 1. The number of nitrogens with zero attached hydrogens (tertiary/aromatic N) is 1. The smallest absolute Gasteiger partial charge is 0.416 e. The fraction of sp³-hybridized carbons (Fsp3) is 0.471. The zero-order valence-electron chi connectivity index (χ0n) is 13.5. The average molecular weight is 340 g/mol. The molecule has 0 aromatic heterocycles. The first kappa shape index (κ1) is 16.8. The number of carbonyl (C=O) groups is 1. The Balaban J connectivity index is 2.01. The second-order valence-electron chi connectivity index (χ2n) is 6.03. The van der Waals surface area contributed by atoms with E-state index >= 15 is 0 Å². The zero-order valence-corrected chi connectivity index (χ0v) is 13.5. The standard InChI is InChI=1S/C17H19F3N2O2/c1-3-24-16(23)14-10(2)21-22(15(14)11-7-8-11)13-6-4-5-12(9-13)17(18,19)20/h4-6,9-11,21H,3,7-8H2,1-2H3. The van der Waals surface area contributed by atoms with Crippen LogP contribution >= 0.6 is 0 Å². The lowest BCUT2D eigenvalue weighted by Gasteiger charge is -2.24. The minimum atomic E-state index is -4.41. The average Bonchev–Trinajstić information content (AvgIpc) is 3.29. The Bertz CT molecular complexity index is 681. The molecule has 1 N–H and O–H groups in total. The van der Waals surface area contributed by atoms with E-state index in [-0.39, 0.29) is 18.6 Å². The van der Waals surface area contributed by atoms with Crippen LogP contribution < -0.4 is 10.4 Å². The number of hydrogen-bond acceptors (Lipinski definition) is 4. The molecule has 0 radical (unpaired) electrons. The van der Waals surface area contributed by atoms with Crippen LogP contribution in [0.25, 0.3) is 0 Å². The van der Waals surface area contributed by atoms with Crippen molar-refractivity contribution in [1.82, 2.24) is 5.43 Å². The van der Waals surface area contributed by atoms with E-state index in [0.717, 1.165) is 30.7 Å². The number of anilines is 1. The second kappa shape index (κ2) is 6.12. The van der Waals surface area contributed by atoms with Crippen LogP contribution in [0, 0.1) is 5.92 Å². The molecular formula is C17H19F3N2O2. The number of carbonyl (C=O) groups excluding carboxylic acids is 1. The van der Waals surface area contributed by atoms with E-state index in [9.17, 15) is 18.0 Å². The minimum absolute atomic E-state index is 0.177. The van der Waals surface area contributed by atoms with Gasteiger partial charge in [0.1, 0.15) is 0 Å². The van der Waals surface area contributed by atoms with Crippen LogP contribution in [0.1, 0.15) is 32.3 Å². The van der Waals surface area contributed by atoms with Crippen molar-refractivity contribution in [3.63, 3.8) is 0 Å². The van der Waals surface area contributed by atoms with Crippen molar-refractivity contribution >= 4 is 11.7 Å². The van der Waals surface area contributed by atoms with Crippen LogP contribution in [-0.2, 0) is 15.7 Å². The van der Waals surface area contributed by atoms with Crippen LogP contribution in [0.4, 0.5) is 18.9 Å². The number of esters is 1. The Hall–Kier alpha value is -2.02. The van der Waals surface area contributed by atoms with E-state index in [2.05, 4.69) is 5.43 Å². The van der Waals surface area contributed by atoms with Gasteiger partial charge in [0.05, 0.1) is 35.2 Å². The lowest BCUT2D eigenvalue weighted by Crippen LogP contribution is -2.37. The zero-order chi connectivity index (χ0) is 17.5. The molecule has 130 valence electrons. The monoisotopic (exact) mass is 340 g/mol. The maximum Gasteiger partial charge on any atom is 0.416 e. The van der Waals surface area contributed by atoms with Gasteiger partial charge >= 0.3 is 12.1 Å². The summed E-state index contributed by atoms with van der Waals surface area (Å²) in [5.74, 6) is -0.231. The number of benzene rings is 1. The molecule has 7 heteroatoms. The first-order valence-electron chi connectivity index (χ1n) is 7.97. The van der Waals surface area contributed by atoms with Gasteiger partial charge in [0, 0.05) is 5.92 Å². The Morgan fingerprint density at radius 1 is 1.38 bits per heavy atom. The Kier molecular flexibility index (Phi) is 4.29. The molecule has 1 aromatic rings. The molecule has 2 aliphatic rings. The van der Waals surface area contributed by atoms with Gasteiger partial charge in [0.2, 0.25) is 0 Å². The quantitative estimate of drug-likeness (QED) is 0.850. The first-order valence-corrected chi connectivity index (χ1v) is 7.97. The van der Waals surface area contributed by atoms with E-state index in [0.29, 0.717) is 11.3 Å². The van der Waals surface area contributed by atoms with Gasteiger partial charge in [-0.3, -0.25) is 5.01 Å². The highest BCUT2D eigenvalue weighted by Crippen LogP contribution is 2.44. The fourth-order valence-corrected chi connectivity index (χ4v) is 2.95. The van der Waals surface area contributed by atoms with Gasteiger partial charge in [0.25, 0.3) is 0 Å². The lowest BCUT2D eigenvalue weighted by atomic mass is 10.1. The summed E-state index contributed by atoms with van der Waals surface area (Å²) >= 11 is 0. The predicted octanol–water partition coefficient (Wildman–Crippen LogP) is 3.65. The van der Waals surface area contributed by atoms with Crippen LogP contribution in [0.3, 0.4) is 0 Å². The number of hydrogen-bond donors (Lipinski definition) is 1. The summed E-state index contributed by atoms with van der Waals surface area (Å²) < 4.78 is 44.1. The number of ether oxygens (including phenoxy) is 1. The van der Waals surface area contributed by atoms with Crippen molar-refractivity contribution in [2.24, 2.45) is 5.92 Å². The second-order valence-corrected chi connectivity index (χ2v) is 6.03. The van der Waals surface area contributed by atoms with Crippen molar-refractivity contribution in [1.29, 1.82) is 0 Å². The number of nitrogens with one attached hydrogen (secondary N) is 1. The van der Waals surface area contributed by atoms with Gasteiger partial charge in [-0.1, -0.05) is 6.07 Å². The molecule has 24 heavy (non-hydrogen) atoms. The summed E-state index contributed by atoms with van der Waals surface area (Å²) in [6.07, 6.45) is -2.57. The van der Waals surface area contributed by atoms with Gasteiger partial charge in [-0.2, -0.15) is 13.2 Å². The van der Waals surface area contributed by atoms with E-state index in [1.807, 2.05) is 6.92 Å². The van der Waals surface area contributed by atoms with Gasteiger partial charge in [-0.15, -0.1) is 0 Å². The first-order chi connectivity index (χ1) is 11.3. The van der Waals surface area contributed by atoms with E-state index in [1.165, 1.54) is 6.07 Å². The lowest BCUT2D eigenvalue weighted by molar-refractivity contribution is -0.139. The number of hydrazine groups is 1. The molecule has 0 bridgehead atoms. The SMILES string of the molecule is CCOC(=O)C1=C(C2CC2)N(c2cccc(C(F)(F)F)c2)NC1C. The molecule has 1 saturated carbocycles. The third-order valence-electron chi connectivity index (χ3n) is 4.16. The van der Waals surface area contributed by atoms with Crippen LogP contribution in [-0.4, -0.2) is 18.6 Å². The largest absolute Gasteiger partial charge is 0.463 e. The maximum atomic E-state index is 13.0. The van der Waals surface area contributed by atoms with Crippen molar-refractivity contribution in [3.8, 4) is 0 Å². The van der Waals surface area contributed by atoms with E-state index in [4.69, 9.17) is 4.74 Å². The summed E-state index contributed by atoms with van der Waals surface area (Å²) in [6, 6.07) is 4.79. The van der Waals surface area contributed by atoms with Crippen LogP contribution in [0.2, 0.25) is 0 Å². The van der Waals surface area contributed by atoms with Crippen molar-refractivity contribution in [2.75, 3.05) is 11.6 Å². The van der Waals surface area contributed by atoms with E-state index in [1.54, 1.807) is 18.0 Å². The molecule has 1 aliphatic heterocycles. The summed E-state index contributed by atoms with van der Waals surface area (Å²) in [6.45, 7) is 3.80. The molecule has 4 nitrogen and oxygen atoms in total.